The van der Waals surface area contributed by atoms with Crippen molar-refractivity contribution in [3.63, 3.8) is 0 Å². The molecule has 0 unspecified atom stereocenters. The lowest BCUT2D eigenvalue weighted by Gasteiger charge is -2.39. The number of benzene rings is 1. The Bertz CT molecular complexity index is 805. The van der Waals surface area contributed by atoms with Crippen molar-refractivity contribution in [1.29, 1.82) is 0 Å². The van der Waals surface area contributed by atoms with E-state index in [0.29, 0.717) is 17.2 Å². The molecule has 2 fully saturated rings. The Morgan fingerprint density at radius 1 is 1.04 bits per heavy atom. The molecule has 5 nitrogen and oxygen atoms in total. The van der Waals surface area contributed by atoms with Crippen molar-refractivity contribution in [3.05, 3.63) is 35.7 Å². The first-order valence-corrected chi connectivity index (χ1v) is 10.3. The van der Waals surface area contributed by atoms with Gasteiger partial charge in [0.05, 0.1) is 0 Å². The van der Waals surface area contributed by atoms with E-state index >= 15 is 0 Å². The fraction of sp³-hybridized carbons (Fsp3) is 0.591. The zero-order chi connectivity index (χ0) is 19.0. The monoisotopic (exact) mass is 366 g/mol. The number of carbonyl (C=O) groups is 1. The normalized spacial score (nSPS) is 19.2. The lowest BCUT2D eigenvalue weighted by atomic mass is 9.77. The molecule has 2 heterocycles. The van der Waals surface area contributed by atoms with E-state index in [1.54, 1.807) is 4.68 Å². The van der Waals surface area contributed by atoms with Crippen LogP contribution in [-0.2, 0) is 7.05 Å². The summed E-state index contributed by atoms with van der Waals surface area (Å²) in [5, 5.41) is 4.42. The van der Waals surface area contributed by atoms with E-state index in [1.165, 1.54) is 31.2 Å². The van der Waals surface area contributed by atoms with Gasteiger partial charge in [0, 0.05) is 25.7 Å². The fourth-order valence-electron chi connectivity index (χ4n) is 4.69. The number of aryl methyl sites for hydroxylation is 1. The second-order valence-electron chi connectivity index (χ2n) is 8.66. The average molecular weight is 367 g/mol. The van der Waals surface area contributed by atoms with Gasteiger partial charge in [-0.15, -0.1) is 5.10 Å². The first-order valence-electron chi connectivity index (χ1n) is 10.3. The van der Waals surface area contributed by atoms with Gasteiger partial charge in [-0.3, -0.25) is 4.79 Å². The number of hydrogen-bond donors (Lipinski definition) is 0. The Kier molecular flexibility index (Phi) is 4.79. The van der Waals surface area contributed by atoms with Gasteiger partial charge in [0.15, 0.2) is 5.82 Å². The Morgan fingerprint density at radius 3 is 2.26 bits per heavy atom. The van der Waals surface area contributed by atoms with Crippen LogP contribution in [0.3, 0.4) is 0 Å². The minimum Gasteiger partial charge on any atom is -0.336 e. The van der Waals surface area contributed by atoms with Crippen LogP contribution in [0.15, 0.2) is 24.3 Å². The number of amides is 1. The third-order valence-electron chi connectivity index (χ3n) is 6.57. The second kappa shape index (κ2) is 7.10. The van der Waals surface area contributed by atoms with Crippen LogP contribution in [0, 0.1) is 5.41 Å². The Hall–Kier alpha value is -2.17. The van der Waals surface area contributed by atoms with Crippen LogP contribution < -0.4 is 0 Å². The van der Waals surface area contributed by atoms with Crippen molar-refractivity contribution in [2.45, 2.75) is 58.3 Å². The van der Waals surface area contributed by atoms with Crippen molar-refractivity contribution in [2.24, 2.45) is 12.5 Å². The van der Waals surface area contributed by atoms with E-state index in [-0.39, 0.29) is 5.91 Å². The molecule has 0 radical (unpaired) electrons. The Morgan fingerprint density at radius 2 is 1.67 bits per heavy atom. The average Bonchev–Trinajstić information content (AvgIpc) is 3.29. The van der Waals surface area contributed by atoms with E-state index in [0.717, 1.165) is 37.3 Å². The molecule has 1 spiro atoms. The van der Waals surface area contributed by atoms with Gasteiger partial charge in [-0.2, -0.15) is 0 Å². The summed E-state index contributed by atoms with van der Waals surface area (Å²) >= 11 is 0. The molecule has 2 aliphatic rings. The van der Waals surface area contributed by atoms with Crippen molar-refractivity contribution in [1.82, 2.24) is 19.7 Å². The van der Waals surface area contributed by atoms with E-state index < -0.39 is 0 Å². The molecule has 27 heavy (non-hydrogen) atoms. The summed E-state index contributed by atoms with van der Waals surface area (Å²) in [6, 6.07) is 8.39. The molecule has 1 aliphatic carbocycles. The number of rotatable bonds is 3. The Labute approximate surface area is 161 Å². The van der Waals surface area contributed by atoms with Gasteiger partial charge in [0.2, 0.25) is 5.82 Å². The summed E-state index contributed by atoms with van der Waals surface area (Å²) in [5.41, 5.74) is 2.81. The minimum absolute atomic E-state index is 0.0245. The maximum Gasteiger partial charge on any atom is 0.293 e. The number of carbonyl (C=O) groups excluding carboxylic acids is 1. The first-order chi connectivity index (χ1) is 13.0. The smallest absolute Gasteiger partial charge is 0.293 e. The molecule has 0 bridgehead atoms. The summed E-state index contributed by atoms with van der Waals surface area (Å²) in [4.78, 5) is 19.5. The summed E-state index contributed by atoms with van der Waals surface area (Å²) in [6.45, 7) is 6.05. The lowest BCUT2D eigenvalue weighted by molar-refractivity contribution is 0.0575. The lowest BCUT2D eigenvalue weighted by Crippen LogP contribution is -2.42. The molecule has 1 saturated heterocycles. The largest absolute Gasteiger partial charge is 0.336 e. The van der Waals surface area contributed by atoms with Crippen molar-refractivity contribution in [3.8, 4) is 11.4 Å². The van der Waals surface area contributed by atoms with E-state index in [2.05, 4.69) is 48.2 Å². The third kappa shape index (κ3) is 3.52. The molecule has 1 aliphatic heterocycles. The molecule has 2 aromatic rings. The molecule has 1 saturated carbocycles. The molecular weight excluding hydrogens is 336 g/mol. The van der Waals surface area contributed by atoms with Gasteiger partial charge in [-0.05, 0) is 42.6 Å². The topological polar surface area (TPSA) is 51.0 Å². The van der Waals surface area contributed by atoms with E-state index in [4.69, 9.17) is 0 Å². The quantitative estimate of drug-likeness (QED) is 0.809. The molecule has 4 rings (SSSR count). The SMILES string of the molecule is CC(C)c1ccc(-c2nc(C(=O)N3CCC4(CCCC4)CC3)nn2C)cc1. The van der Waals surface area contributed by atoms with Crippen LogP contribution in [0.2, 0.25) is 0 Å². The van der Waals surface area contributed by atoms with Crippen molar-refractivity contribution < 1.29 is 4.79 Å². The number of aromatic nitrogens is 3. The van der Waals surface area contributed by atoms with Crippen LogP contribution >= 0.6 is 0 Å². The summed E-state index contributed by atoms with van der Waals surface area (Å²) in [5.74, 6) is 1.54. The highest BCUT2D eigenvalue weighted by Crippen LogP contribution is 2.46. The minimum atomic E-state index is -0.0245. The third-order valence-corrected chi connectivity index (χ3v) is 6.57. The molecule has 5 heteroatoms. The van der Waals surface area contributed by atoms with Gasteiger partial charge in [0.1, 0.15) is 0 Å². The predicted molar refractivity (Wildman–Crippen MR) is 107 cm³/mol. The standard InChI is InChI=1S/C22H30N4O/c1-16(2)17-6-8-18(9-7-17)20-23-19(24-25(20)3)21(27)26-14-12-22(13-15-26)10-4-5-11-22/h6-9,16H,4-5,10-15H2,1-3H3. The molecule has 0 atom stereocenters. The maximum atomic E-state index is 12.9. The molecular formula is C22H30N4O. The van der Waals surface area contributed by atoms with Crippen LogP contribution in [0.25, 0.3) is 11.4 Å². The first kappa shape index (κ1) is 18.2. The number of piperidine rings is 1. The van der Waals surface area contributed by atoms with Crippen molar-refractivity contribution >= 4 is 5.91 Å². The number of likely N-dealkylation sites (tertiary alicyclic amines) is 1. The van der Waals surface area contributed by atoms with Crippen LogP contribution in [0.1, 0.15) is 74.5 Å². The van der Waals surface area contributed by atoms with Crippen LogP contribution in [-0.4, -0.2) is 38.7 Å². The van der Waals surface area contributed by atoms with E-state index in [9.17, 15) is 4.79 Å². The molecule has 1 aromatic heterocycles. The zero-order valence-electron chi connectivity index (χ0n) is 16.7. The molecule has 144 valence electrons. The highest BCUT2D eigenvalue weighted by Gasteiger charge is 2.38. The molecule has 1 aromatic carbocycles. The Balaban J connectivity index is 1.48. The number of nitrogens with zero attached hydrogens (tertiary/aromatic N) is 4. The van der Waals surface area contributed by atoms with E-state index in [1.807, 2.05) is 11.9 Å². The fourth-order valence-corrected chi connectivity index (χ4v) is 4.69. The van der Waals surface area contributed by atoms with Crippen LogP contribution in [0.4, 0.5) is 0 Å². The van der Waals surface area contributed by atoms with Crippen molar-refractivity contribution in [2.75, 3.05) is 13.1 Å². The zero-order valence-corrected chi connectivity index (χ0v) is 16.7. The van der Waals surface area contributed by atoms with Gasteiger partial charge >= 0.3 is 0 Å². The highest BCUT2D eigenvalue weighted by atomic mass is 16.2. The summed E-state index contributed by atoms with van der Waals surface area (Å²) < 4.78 is 1.72. The molecule has 1 amide bonds. The maximum absolute atomic E-state index is 12.9. The summed E-state index contributed by atoms with van der Waals surface area (Å²) in [6.07, 6.45) is 7.66. The molecule has 0 N–H and O–H groups in total. The van der Waals surface area contributed by atoms with Crippen LogP contribution in [0.5, 0.6) is 0 Å². The number of hydrogen-bond acceptors (Lipinski definition) is 3. The summed E-state index contributed by atoms with van der Waals surface area (Å²) in [7, 11) is 1.86. The van der Waals surface area contributed by atoms with Gasteiger partial charge in [-0.1, -0.05) is 51.0 Å². The second-order valence-corrected chi connectivity index (χ2v) is 8.66. The van der Waals surface area contributed by atoms with Gasteiger partial charge in [0.25, 0.3) is 5.91 Å². The van der Waals surface area contributed by atoms with Gasteiger partial charge < -0.3 is 4.90 Å². The van der Waals surface area contributed by atoms with Gasteiger partial charge in [-0.25, -0.2) is 9.67 Å². The predicted octanol–water partition coefficient (Wildman–Crippen LogP) is 4.40. The highest BCUT2D eigenvalue weighted by molar-refractivity contribution is 5.91.